The number of nitrogens with two attached hydrogens (primary N) is 1. The molecule has 0 aromatic heterocycles. The first-order valence-corrected chi connectivity index (χ1v) is 6.47. The first-order valence-electron chi connectivity index (χ1n) is 5.68. The first kappa shape index (κ1) is 12.7. The van der Waals surface area contributed by atoms with Crippen LogP contribution in [0.25, 0.3) is 0 Å². The average molecular weight is 270 g/mol. The minimum atomic E-state index is 0.174. The molecule has 0 saturated heterocycles. The molecule has 0 aliphatic carbocycles. The summed E-state index contributed by atoms with van der Waals surface area (Å²) in [6.07, 6.45) is 3.53. The molecule has 0 aliphatic rings. The number of halogens is 1. The van der Waals surface area contributed by atoms with Crippen LogP contribution in [0.15, 0.2) is 28.7 Å². The molecule has 0 bridgehead atoms. The van der Waals surface area contributed by atoms with Crippen molar-refractivity contribution in [1.82, 2.24) is 0 Å². The predicted octanol–water partition coefficient (Wildman–Crippen LogP) is 4.28. The van der Waals surface area contributed by atoms with Crippen LogP contribution in [0.5, 0.6) is 0 Å². The molecule has 2 N–H and O–H groups in total. The maximum absolute atomic E-state index is 6.20. The van der Waals surface area contributed by atoms with E-state index in [0.717, 1.165) is 16.8 Å². The van der Waals surface area contributed by atoms with E-state index in [-0.39, 0.29) is 6.04 Å². The highest BCUT2D eigenvalue weighted by molar-refractivity contribution is 9.10. The third kappa shape index (κ3) is 3.96. The summed E-state index contributed by atoms with van der Waals surface area (Å²) >= 11 is 3.48. The van der Waals surface area contributed by atoms with Crippen LogP contribution in [0.2, 0.25) is 0 Å². The van der Waals surface area contributed by atoms with Gasteiger partial charge in [0.15, 0.2) is 0 Å². The second-order valence-electron chi connectivity index (χ2n) is 4.08. The van der Waals surface area contributed by atoms with Crippen LogP contribution >= 0.6 is 15.9 Å². The van der Waals surface area contributed by atoms with Gasteiger partial charge in [0.2, 0.25) is 0 Å². The number of hydrogen-bond acceptors (Lipinski definition) is 1. The Morgan fingerprint density at radius 3 is 2.47 bits per heavy atom. The van der Waals surface area contributed by atoms with Crippen molar-refractivity contribution in [2.75, 3.05) is 0 Å². The number of hydrogen-bond donors (Lipinski definition) is 1. The Morgan fingerprint density at radius 1 is 1.27 bits per heavy atom. The Bertz CT molecular complexity index is 294. The van der Waals surface area contributed by atoms with E-state index in [1.54, 1.807) is 0 Å². The van der Waals surface area contributed by atoms with E-state index in [9.17, 15) is 0 Å². The molecule has 84 valence electrons. The number of rotatable bonds is 5. The lowest BCUT2D eigenvalue weighted by atomic mass is 9.92. The lowest BCUT2D eigenvalue weighted by molar-refractivity contribution is 0.414. The van der Waals surface area contributed by atoms with Crippen LogP contribution in [-0.4, -0.2) is 0 Å². The van der Waals surface area contributed by atoms with Crippen LogP contribution in [0.3, 0.4) is 0 Å². The van der Waals surface area contributed by atoms with Crippen molar-refractivity contribution in [3.8, 4) is 0 Å². The summed E-state index contributed by atoms with van der Waals surface area (Å²) in [6.45, 7) is 4.48. The maximum atomic E-state index is 6.20. The standard InChI is InChI=1S/C13H20BrN/c1-3-10(4-2)8-13(15)11-6-5-7-12(14)9-11/h5-7,9-10,13H,3-4,8,15H2,1-2H3. The van der Waals surface area contributed by atoms with Gasteiger partial charge in [-0.25, -0.2) is 0 Å². The first-order chi connectivity index (χ1) is 7.17. The molecule has 1 atom stereocenters. The van der Waals surface area contributed by atoms with Crippen LogP contribution in [-0.2, 0) is 0 Å². The molecule has 0 saturated carbocycles. The van der Waals surface area contributed by atoms with E-state index < -0.39 is 0 Å². The zero-order valence-electron chi connectivity index (χ0n) is 9.54. The fourth-order valence-corrected chi connectivity index (χ4v) is 2.27. The molecule has 0 radical (unpaired) electrons. The van der Waals surface area contributed by atoms with Gasteiger partial charge in [0.05, 0.1) is 0 Å². The zero-order chi connectivity index (χ0) is 11.3. The van der Waals surface area contributed by atoms with Crippen LogP contribution in [0.4, 0.5) is 0 Å². The summed E-state index contributed by atoms with van der Waals surface area (Å²) in [5, 5.41) is 0. The summed E-state index contributed by atoms with van der Waals surface area (Å²) in [6, 6.07) is 8.48. The smallest absolute Gasteiger partial charge is 0.0297 e. The van der Waals surface area contributed by atoms with Crippen molar-refractivity contribution in [3.63, 3.8) is 0 Å². The molecule has 0 heterocycles. The summed E-state index contributed by atoms with van der Waals surface area (Å²) < 4.78 is 1.11. The van der Waals surface area contributed by atoms with Crippen molar-refractivity contribution in [2.45, 2.75) is 39.2 Å². The molecule has 1 aromatic rings. The average Bonchev–Trinajstić information content (AvgIpc) is 2.25. The Balaban J connectivity index is 2.64. The van der Waals surface area contributed by atoms with Gasteiger partial charge in [-0.1, -0.05) is 54.8 Å². The minimum absolute atomic E-state index is 0.174. The van der Waals surface area contributed by atoms with Crippen molar-refractivity contribution in [3.05, 3.63) is 34.3 Å². The van der Waals surface area contributed by atoms with Crippen LogP contribution < -0.4 is 5.73 Å². The molecule has 15 heavy (non-hydrogen) atoms. The molecule has 0 amide bonds. The predicted molar refractivity (Wildman–Crippen MR) is 69.8 cm³/mol. The van der Waals surface area contributed by atoms with Gasteiger partial charge >= 0.3 is 0 Å². The Hall–Kier alpha value is -0.340. The van der Waals surface area contributed by atoms with Crippen LogP contribution in [0.1, 0.15) is 44.7 Å². The molecular weight excluding hydrogens is 250 g/mol. The van der Waals surface area contributed by atoms with E-state index in [0.29, 0.717) is 0 Å². The minimum Gasteiger partial charge on any atom is -0.324 e. The van der Waals surface area contributed by atoms with Gasteiger partial charge in [-0.3, -0.25) is 0 Å². The van der Waals surface area contributed by atoms with Gasteiger partial charge in [0.1, 0.15) is 0 Å². The normalized spacial score (nSPS) is 13.1. The third-order valence-corrected chi connectivity index (χ3v) is 3.51. The highest BCUT2D eigenvalue weighted by Gasteiger charge is 2.11. The lowest BCUT2D eigenvalue weighted by Crippen LogP contribution is -2.14. The molecule has 1 aromatic carbocycles. The molecule has 1 rings (SSSR count). The largest absolute Gasteiger partial charge is 0.324 e. The van der Waals surface area contributed by atoms with E-state index in [1.165, 1.54) is 18.4 Å². The third-order valence-electron chi connectivity index (χ3n) is 3.02. The van der Waals surface area contributed by atoms with Crippen molar-refractivity contribution >= 4 is 15.9 Å². The van der Waals surface area contributed by atoms with E-state index in [1.807, 2.05) is 12.1 Å². The summed E-state index contributed by atoms with van der Waals surface area (Å²) in [5.41, 5.74) is 7.43. The maximum Gasteiger partial charge on any atom is 0.0297 e. The van der Waals surface area contributed by atoms with Crippen molar-refractivity contribution in [2.24, 2.45) is 11.7 Å². The SMILES string of the molecule is CCC(CC)CC(N)c1cccc(Br)c1. The molecule has 0 spiro atoms. The van der Waals surface area contributed by atoms with E-state index in [2.05, 4.69) is 41.9 Å². The Morgan fingerprint density at radius 2 is 1.93 bits per heavy atom. The van der Waals surface area contributed by atoms with Crippen LogP contribution in [0, 0.1) is 5.92 Å². The van der Waals surface area contributed by atoms with Gasteiger partial charge in [0, 0.05) is 10.5 Å². The molecule has 1 unspecified atom stereocenters. The summed E-state index contributed by atoms with van der Waals surface area (Å²) in [7, 11) is 0. The van der Waals surface area contributed by atoms with E-state index in [4.69, 9.17) is 5.73 Å². The van der Waals surface area contributed by atoms with Gasteiger partial charge in [-0.15, -0.1) is 0 Å². The monoisotopic (exact) mass is 269 g/mol. The highest BCUT2D eigenvalue weighted by Crippen LogP contribution is 2.24. The second kappa shape index (κ2) is 6.29. The summed E-state index contributed by atoms with van der Waals surface area (Å²) in [4.78, 5) is 0. The second-order valence-corrected chi connectivity index (χ2v) is 5.00. The topological polar surface area (TPSA) is 26.0 Å². The van der Waals surface area contributed by atoms with Crippen molar-refractivity contribution in [1.29, 1.82) is 0 Å². The Labute approximate surface area is 101 Å². The molecule has 0 fully saturated rings. The summed E-state index contributed by atoms with van der Waals surface area (Å²) in [5.74, 6) is 0.749. The van der Waals surface area contributed by atoms with Gasteiger partial charge < -0.3 is 5.73 Å². The molecule has 1 nitrogen and oxygen atoms in total. The van der Waals surface area contributed by atoms with Gasteiger partial charge in [-0.05, 0) is 30.0 Å². The van der Waals surface area contributed by atoms with E-state index >= 15 is 0 Å². The fourth-order valence-electron chi connectivity index (χ4n) is 1.85. The highest BCUT2D eigenvalue weighted by atomic mass is 79.9. The quantitative estimate of drug-likeness (QED) is 0.849. The molecule has 0 aliphatic heterocycles. The molecule has 2 heteroatoms. The lowest BCUT2D eigenvalue weighted by Gasteiger charge is -2.18. The number of benzene rings is 1. The Kier molecular flexibility index (Phi) is 5.34. The molecular formula is C13H20BrN. The van der Waals surface area contributed by atoms with Gasteiger partial charge in [-0.2, -0.15) is 0 Å². The van der Waals surface area contributed by atoms with Crippen molar-refractivity contribution < 1.29 is 0 Å². The zero-order valence-corrected chi connectivity index (χ0v) is 11.1. The van der Waals surface area contributed by atoms with Gasteiger partial charge in [0.25, 0.3) is 0 Å². The fraction of sp³-hybridized carbons (Fsp3) is 0.538.